The molecule has 1 unspecified atom stereocenters. The molecule has 0 radical (unpaired) electrons. The Kier molecular flexibility index (Phi) is 5.63. The van der Waals surface area contributed by atoms with E-state index in [-0.39, 0.29) is 5.91 Å². The van der Waals surface area contributed by atoms with Crippen molar-refractivity contribution in [2.45, 2.75) is 39.7 Å². The highest BCUT2D eigenvalue weighted by Crippen LogP contribution is 2.25. The molecule has 0 spiro atoms. The normalized spacial score (nSPS) is 18.5. The van der Waals surface area contributed by atoms with Crippen LogP contribution in [0.15, 0.2) is 30.5 Å². The Hall–Kier alpha value is -1.72. The molecule has 128 valence electrons. The van der Waals surface area contributed by atoms with Crippen molar-refractivity contribution in [1.82, 2.24) is 9.88 Å². The number of thiazole rings is 1. The lowest BCUT2D eigenvalue weighted by Crippen LogP contribution is -2.35. The first-order valence-corrected chi connectivity index (χ1v) is 9.40. The number of aromatic nitrogens is 1. The van der Waals surface area contributed by atoms with Crippen LogP contribution in [0.4, 0.5) is 5.13 Å². The van der Waals surface area contributed by atoms with Gasteiger partial charge in [-0.3, -0.25) is 9.69 Å². The van der Waals surface area contributed by atoms with E-state index in [4.69, 9.17) is 0 Å². The van der Waals surface area contributed by atoms with E-state index in [0.717, 1.165) is 32.0 Å². The number of hydrogen-bond donors (Lipinski definition) is 1. The molecule has 4 nitrogen and oxygen atoms in total. The van der Waals surface area contributed by atoms with Crippen molar-refractivity contribution in [2.24, 2.45) is 5.92 Å². The standard InChI is InChI=1S/C19H25N3OS/c1-14-5-7-16(8-6-14)10-17-4-3-9-22(12-17)13-18-11-20-19(24-18)21-15(2)23/h5-8,11,17H,3-4,9-10,12-13H2,1-2H3,(H,20,21,23). The molecule has 1 fully saturated rings. The number of benzene rings is 1. The summed E-state index contributed by atoms with van der Waals surface area (Å²) in [6.07, 6.45) is 5.62. The third-order valence-electron chi connectivity index (χ3n) is 4.46. The molecule has 1 aliphatic rings. The summed E-state index contributed by atoms with van der Waals surface area (Å²) in [5.41, 5.74) is 2.77. The number of aryl methyl sites for hydroxylation is 1. The zero-order valence-corrected chi connectivity index (χ0v) is 15.2. The van der Waals surface area contributed by atoms with E-state index in [2.05, 4.69) is 46.4 Å². The largest absolute Gasteiger partial charge is 0.302 e. The number of anilines is 1. The Labute approximate surface area is 147 Å². The van der Waals surface area contributed by atoms with Crippen LogP contribution >= 0.6 is 11.3 Å². The van der Waals surface area contributed by atoms with Crippen LogP contribution in [0, 0.1) is 12.8 Å². The maximum Gasteiger partial charge on any atom is 0.223 e. The quantitative estimate of drug-likeness (QED) is 0.896. The third kappa shape index (κ3) is 4.89. The van der Waals surface area contributed by atoms with Gasteiger partial charge in [-0.25, -0.2) is 4.98 Å². The molecule has 0 saturated carbocycles. The minimum Gasteiger partial charge on any atom is -0.302 e. The van der Waals surface area contributed by atoms with Crippen LogP contribution in [0.3, 0.4) is 0 Å². The minimum absolute atomic E-state index is 0.0629. The van der Waals surface area contributed by atoms with Crippen LogP contribution in [0.1, 0.15) is 35.8 Å². The fourth-order valence-electron chi connectivity index (χ4n) is 3.33. The molecule has 1 aromatic heterocycles. The number of carbonyl (C=O) groups excluding carboxylic acids is 1. The molecule has 1 amide bonds. The first kappa shape index (κ1) is 17.1. The smallest absolute Gasteiger partial charge is 0.223 e. The first-order chi connectivity index (χ1) is 11.6. The van der Waals surface area contributed by atoms with Crippen LogP contribution < -0.4 is 5.32 Å². The van der Waals surface area contributed by atoms with Crippen LogP contribution in [0.5, 0.6) is 0 Å². The monoisotopic (exact) mass is 343 g/mol. The number of amides is 1. The van der Waals surface area contributed by atoms with Crippen molar-refractivity contribution in [2.75, 3.05) is 18.4 Å². The predicted octanol–water partition coefficient (Wildman–Crippen LogP) is 3.86. The van der Waals surface area contributed by atoms with E-state index in [1.165, 1.54) is 35.8 Å². The van der Waals surface area contributed by atoms with E-state index >= 15 is 0 Å². The van der Waals surface area contributed by atoms with E-state index in [1.54, 1.807) is 11.3 Å². The molecule has 0 bridgehead atoms. The summed E-state index contributed by atoms with van der Waals surface area (Å²) in [4.78, 5) is 19.1. The van der Waals surface area contributed by atoms with Crippen molar-refractivity contribution < 1.29 is 4.79 Å². The second-order valence-electron chi connectivity index (χ2n) is 6.75. The van der Waals surface area contributed by atoms with Crippen LogP contribution in [0.2, 0.25) is 0 Å². The van der Waals surface area contributed by atoms with E-state index < -0.39 is 0 Å². The van der Waals surface area contributed by atoms with Crippen LogP contribution in [0.25, 0.3) is 0 Å². The molecule has 3 rings (SSSR count). The van der Waals surface area contributed by atoms with Gasteiger partial charge in [-0.2, -0.15) is 0 Å². The van der Waals surface area contributed by atoms with Gasteiger partial charge < -0.3 is 5.32 Å². The summed E-state index contributed by atoms with van der Waals surface area (Å²) >= 11 is 1.58. The second kappa shape index (κ2) is 7.90. The summed E-state index contributed by atoms with van der Waals surface area (Å²) in [6.45, 7) is 6.87. The number of hydrogen-bond acceptors (Lipinski definition) is 4. The molecule has 1 N–H and O–H groups in total. The summed E-state index contributed by atoms with van der Waals surface area (Å²) in [5, 5.41) is 3.46. The van der Waals surface area contributed by atoms with Gasteiger partial charge in [-0.15, -0.1) is 11.3 Å². The van der Waals surface area contributed by atoms with Gasteiger partial charge >= 0.3 is 0 Å². The highest BCUT2D eigenvalue weighted by atomic mass is 32.1. The topological polar surface area (TPSA) is 45.2 Å². The molecule has 0 aliphatic carbocycles. The maximum atomic E-state index is 11.1. The Morgan fingerprint density at radius 3 is 2.92 bits per heavy atom. The van der Waals surface area contributed by atoms with Crippen molar-refractivity contribution in [3.8, 4) is 0 Å². The summed E-state index contributed by atoms with van der Waals surface area (Å²) in [6, 6.07) is 8.93. The van der Waals surface area contributed by atoms with E-state index in [9.17, 15) is 4.79 Å². The Morgan fingerprint density at radius 2 is 2.17 bits per heavy atom. The lowest BCUT2D eigenvalue weighted by molar-refractivity contribution is -0.114. The summed E-state index contributed by atoms with van der Waals surface area (Å²) in [5.74, 6) is 0.663. The molecule has 1 aliphatic heterocycles. The highest BCUT2D eigenvalue weighted by molar-refractivity contribution is 7.15. The molecular formula is C19H25N3OS. The van der Waals surface area contributed by atoms with Gasteiger partial charge in [0.1, 0.15) is 0 Å². The van der Waals surface area contributed by atoms with E-state index in [0.29, 0.717) is 5.13 Å². The summed E-state index contributed by atoms with van der Waals surface area (Å²) < 4.78 is 0. The van der Waals surface area contributed by atoms with Crippen LogP contribution in [-0.4, -0.2) is 28.9 Å². The minimum atomic E-state index is -0.0629. The molecule has 1 atom stereocenters. The van der Waals surface area contributed by atoms with Gasteiger partial charge in [-0.05, 0) is 44.2 Å². The molecule has 1 saturated heterocycles. The molecule has 2 heterocycles. The zero-order valence-electron chi connectivity index (χ0n) is 14.4. The molecule has 5 heteroatoms. The van der Waals surface area contributed by atoms with Crippen molar-refractivity contribution in [1.29, 1.82) is 0 Å². The van der Waals surface area contributed by atoms with Gasteiger partial charge in [0, 0.05) is 31.1 Å². The lowest BCUT2D eigenvalue weighted by Gasteiger charge is -2.32. The zero-order chi connectivity index (χ0) is 16.9. The average molecular weight is 343 g/mol. The lowest BCUT2D eigenvalue weighted by atomic mass is 9.91. The second-order valence-corrected chi connectivity index (χ2v) is 7.86. The van der Waals surface area contributed by atoms with Gasteiger partial charge in [0.25, 0.3) is 0 Å². The highest BCUT2D eigenvalue weighted by Gasteiger charge is 2.21. The van der Waals surface area contributed by atoms with Gasteiger partial charge in [0.05, 0.1) is 0 Å². The van der Waals surface area contributed by atoms with Crippen molar-refractivity contribution in [3.05, 3.63) is 46.5 Å². The Morgan fingerprint density at radius 1 is 1.38 bits per heavy atom. The maximum absolute atomic E-state index is 11.1. The third-order valence-corrected chi connectivity index (χ3v) is 5.36. The molecular weight excluding hydrogens is 318 g/mol. The number of nitrogens with one attached hydrogen (secondary N) is 1. The van der Waals surface area contributed by atoms with Gasteiger partial charge in [-0.1, -0.05) is 29.8 Å². The van der Waals surface area contributed by atoms with E-state index in [1.807, 2.05) is 6.20 Å². The number of likely N-dealkylation sites (tertiary alicyclic amines) is 1. The SMILES string of the molecule is CC(=O)Nc1ncc(CN2CCCC(Cc3ccc(C)cc3)C2)s1. The van der Waals surface area contributed by atoms with Crippen LogP contribution in [-0.2, 0) is 17.8 Å². The molecule has 1 aromatic carbocycles. The van der Waals surface area contributed by atoms with Crippen molar-refractivity contribution >= 4 is 22.4 Å². The fourth-order valence-corrected chi connectivity index (χ4v) is 4.23. The number of rotatable bonds is 5. The fraction of sp³-hybridized carbons (Fsp3) is 0.474. The van der Waals surface area contributed by atoms with Gasteiger partial charge in [0.2, 0.25) is 5.91 Å². The molecule has 24 heavy (non-hydrogen) atoms. The van der Waals surface area contributed by atoms with Crippen molar-refractivity contribution in [3.63, 3.8) is 0 Å². The predicted molar refractivity (Wildman–Crippen MR) is 99.3 cm³/mol. The molecule has 2 aromatic rings. The number of piperidine rings is 1. The van der Waals surface area contributed by atoms with Gasteiger partial charge in [0.15, 0.2) is 5.13 Å². The number of carbonyl (C=O) groups is 1. The number of nitrogens with zero attached hydrogens (tertiary/aromatic N) is 2. The Bertz CT molecular complexity index is 680. The average Bonchev–Trinajstić information content (AvgIpc) is 2.96. The Balaban J connectivity index is 1.54. The summed E-state index contributed by atoms with van der Waals surface area (Å²) in [7, 11) is 0. The first-order valence-electron chi connectivity index (χ1n) is 8.58.